The van der Waals surface area contributed by atoms with Crippen molar-refractivity contribution in [3.63, 3.8) is 0 Å². The van der Waals surface area contributed by atoms with Crippen molar-refractivity contribution in [2.75, 3.05) is 26.2 Å². The highest BCUT2D eigenvalue weighted by Gasteiger charge is 2.33. The van der Waals surface area contributed by atoms with E-state index in [4.69, 9.17) is 16.0 Å². The van der Waals surface area contributed by atoms with Crippen LogP contribution in [0.2, 0.25) is 5.02 Å². The van der Waals surface area contributed by atoms with Crippen molar-refractivity contribution in [2.45, 2.75) is 25.7 Å². The molecule has 1 aromatic carbocycles. The van der Waals surface area contributed by atoms with Crippen molar-refractivity contribution in [1.82, 2.24) is 9.21 Å². The summed E-state index contributed by atoms with van der Waals surface area (Å²) in [5, 5.41) is 0.200. The molecule has 0 spiro atoms. The van der Waals surface area contributed by atoms with Gasteiger partial charge in [-0.1, -0.05) is 23.7 Å². The Morgan fingerprint density at radius 3 is 2.19 bits per heavy atom. The lowest BCUT2D eigenvalue weighted by Crippen LogP contribution is -2.50. The Hall–Kier alpha value is -1.83. The molecule has 0 radical (unpaired) electrons. The summed E-state index contributed by atoms with van der Waals surface area (Å²) in [7, 11) is -3.67. The first kappa shape index (κ1) is 18.9. The number of amides is 1. The zero-order valence-corrected chi connectivity index (χ0v) is 16.5. The third-order valence-corrected chi connectivity index (χ3v) is 7.15. The van der Waals surface area contributed by atoms with Crippen LogP contribution >= 0.6 is 11.6 Å². The first-order chi connectivity index (χ1) is 12.2. The van der Waals surface area contributed by atoms with E-state index in [-0.39, 0.29) is 28.9 Å². The average molecular weight is 397 g/mol. The SMILES string of the molecule is Cc1oc(C)c(C(=O)N2CCN(S(=O)(=O)c3ccccc3Cl)CC2)c1C. The Morgan fingerprint density at radius 2 is 1.65 bits per heavy atom. The number of aryl methyl sites for hydroxylation is 2. The number of sulfonamides is 1. The van der Waals surface area contributed by atoms with Gasteiger partial charge in [-0.05, 0) is 32.9 Å². The fraction of sp³-hybridized carbons (Fsp3) is 0.389. The van der Waals surface area contributed by atoms with E-state index in [9.17, 15) is 13.2 Å². The molecule has 0 unspecified atom stereocenters. The van der Waals surface area contributed by atoms with Crippen LogP contribution in [0, 0.1) is 20.8 Å². The molecule has 6 nitrogen and oxygen atoms in total. The van der Waals surface area contributed by atoms with E-state index in [1.165, 1.54) is 10.4 Å². The van der Waals surface area contributed by atoms with E-state index in [2.05, 4.69) is 0 Å². The van der Waals surface area contributed by atoms with Gasteiger partial charge in [0.15, 0.2) is 0 Å². The van der Waals surface area contributed by atoms with E-state index in [1.807, 2.05) is 13.8 Å². The Morgan fingerprint density at radius 1 is 1.04 bits per heavy atom. The molecule has 26 heavy (non-hydrogen) atoms. The predicted molar refractivity (Wildman–Crippen MR) is 99.0 cm³/mol. The summed E-state index contributed by atoms with van der Waals surface area (Å²) in [6.07, 6.45) is 0. The number of hydrogen-bond acceptors (Lipinski definition) is 4. The van der Waals surface area contributed by atoms with Gasteiger partial charge < -0.3 is 9.32 Å². The van der Waals surface area contributed by atoms with Crippen LogP contribution in [0.15, 0.2) is 33.6 Å². The summed E-state index contributed by atoms with van der Waals surface area (Å²) in [6, 6.07) is 6.39. The van der Waals surface area contributed by atoms with Crippen LogP contribution in [0.5, 0.6) is 0 Å². The monoisotopic (exact) mass is 396 g/mol. The third kappa shape index (κ3) is 3.26. The average Bonchev–Trinajstić information content (AvgIpc) is 2.87. The molecule has 140 valence electrons. The number of nitrogens with zero attached hydrogens (tertiary/aromatic N) is 2. The number of piperazine rings is 1. The maximum Gasteiger partial charge on any atom is 0.257 e. The van der Waals surface area contributed by atoms with Crippen LogP contribution in [0.1, 0.15) is 27.4 Å². The lowest BCUT2D eigenvalue weighted by Gasteiger charge is -2.34. The maximum absolute atomic E-state index is 12.8. The van der Waals surface area contributed by atoms with Crippen molar-refractivity contribution >= 4 is 27.5 Å². The van der Waals surface area contributed by atoms with Gasteiger partial charge in [-0.3, -0.25) is 4.79 Å². The molecule has 1 saturated heterocycles. The molecular formula is C18H21ClN2O4S. The third-order valence-electron chi connectivity index (χ3n) is 4.76. The molecule has 0 aliphatic carbocycles. The highest BCUT2D eigenvalue weighted by atomic mass is 35.5. The topological polar surface area (TPSA) is 70.8 Å². The van der Waals surface area contributed by atoms with Crippen LogP contribution in [0.4, 0.5) is 0 Å². The van der Waals surface area contributed by atoms with Crippen molar-refractivity contribution in [1.29, 1.82) is 0 Å². The number of benzene rings is 1. The first-order valence-corrected chi connectivity index (χ1v) is 10.2. The van der Waals surface area contributed by atoms with Gasteiger partial charge in [-0.25, -0.2) is 8.42 Å². The van der Waals surface area contributed by atoms with Gasteiger partial charge in [0.05, 0.1) is 10.6 Å². The summed E-state index contributed by atoms with van der Waals surface area (Å²) in [6.45, 7) is 6.56. The summed E-state index contributed by atoms with van der Waals surface area (Å²) in [5.74, 6) is 1.20. The largest absolute Gasteiger partial charge is 0.466 e. The van der Waals surface area contributed by atoms with Gasteiger partial charge in [-0.15, -0.1) is 0 Å². The van der Waals surface area contributed by atoms with E-state index in [1.54, 1.807) is 30.0 Å². The molecule has 8 heteroatoms. The zero-order chi connectivity index (χ0) is 19.1. The molecule has 0 saturated carbocycles. The van der Waals surface area contributed by atoms with Crippen molar-refractivity contribution < 1.29 is 17.6 Å². The van der Waals surface area contributed by atoms with Gasteiger partial charge in [0, 0.05) is 31.7 Å². The van der Waals surface area contributed by atoms with E-state index in [0.29, 0.717) is 24.4 Å². The number of rotatable bonds is 3. The lowest BCUT2D eigenvalue weighted by atomic mass is 10.1. The molecule has 0 atom stereocenters. The quantitative estimate of drug-likeness (QED) is 0.799. The molecule has 0 N–H and O–H groups in total. The summed E-state index contributed by atoms with van der Waals surface area (Å²) in [4.78, 5) is 14.6. The smallest absolute Gasteiger partial charge is 0.257 e. The van der Waals surface area contributed by atoms with Crippen LogP contribution in [-0.4, -0.2) is 49.7 Å². The number of furan rings is 1. The fourth-order valence-corrected chi connectivity index (χ4v) is 5.11. The number of hydrogen-bond donors (Lipinski definition) is 0. The second kappa shape index (κ2) is 7.06. The normalized spacial score (nSPS) is 16.1. The Bertz CT molecular complexity index is 944. The lowest BCUT2D eigenvalue weighted by molar-refractivity contribution is 0.0695. The summed E-state index contributed by atoms with van der Waals surface area (Å²) < 4.78 is 32.5. The molecule has 3 rings (SSSR count). The number of carbonyl (C=O) groups excluding carboxylic acids is 1. The van der Waals surface area contributed by atoms with Gasteiger partial charge in [0.1, 0.15) is 16.4 Å². The molecule has 1 aromatic heterocycles. The van der Waals surface area contributed by atoms with Crippen molar-refractivity contribution in [3.8, 4) is 0 Å². The van der Waals surface area contributed by atoms with Crippen molar-refractivity contribution in [2.24, 2.45) is 0 Å². The van der Waals surface area contributed by atoms with Gasteiger partial charge in [-0.2, -0.15) is 4.31 Å². The number of carbonyl (C=O) groups is 1. The second-order valence-corrected chi connectivity index (χ2v) is 8.65. The summed E-state index contributed by atoms with van der Waals surface area (Å²) in [5.41, 5.74) is 1.41. The highest BCUT2D eigenvalue weighted by molar-refractivity contribution is 7.89. The van der Waals surface area contributed by atoms with E-state index in [0.717, 1.165) is 11.3 Å². The molecule has 2 heterocycles. The van der Waals surface area contributed by atoms with Crippen LogP contribution in [0.25, 0.3) is 0 Å². The molecule has 1 fully saturated rings. The standard InChI is InChI=1S/C18H21ClN2O4S/c1-12-13(2)25-14(3)17(12)18(22)20-8-10-21(11-9-20)26(23,24)16-7-5-4-6-15(16)19/h4-7H,8-11H2,1-3H3. The Balaban J connectivity index is 1.75. The zero-order valence-electron chi connectivity index (χ0n) is 15.0. The second-order valence-electron chi connectivity index (χ2n) is 6.34. The van der Waals surface area contributed by atoms with E-state index < -0.39 is 10.0 Å². The van der Waals surface area contributed by atoms with E-state index >= 15 is 0 Å². The van der Waals surface area contributed by atoms with Gasteiger partial charge in [0.25, 0.3) is 5.91 Å². The molecule has 1 aliphatic rings. The molecule has 2 aromatic rings. The minimum absolute atomic E-state index is 0.0959. The molecular weight excluding hydrogens is 376 g/mol. The van der Waals surface area contributed by atoms with Gasteiger partial charge in [0.2, 0.25) is 10.0 Å². The Labute approximate surface area is 158 Å². The van der Waals surface area contributed by atoms with Crippen LogP contribution in [0.3, 0.4) is 0 Å². The van der Waals surface area contributed by atoms with Crippen LogP contribution < -0.4 is 0 Å². The maximum atomic E-state index is 12.8. The van der Waals surface area contributed by atoms with Crippen molar-refractivity contribution in [3.05, 3.63) is 51.9 Å². The predicted octanol–water partition coefficient (Wildman–Crippen LogP) is 3.00. The van der Waals surface area contributed by atoms with Crippen LogP contribution in [-0.2, 0) is 10.0 Å². The Kier molecular flexibility index (Phi) is 5.14. The summed E-state index contributed by atoms with van der Waals surface area (Å²) >= 11 is 6.04. The fourth-order valence-electron chi connectivity index (χ4n) is 3.19. The first-order valence-electron chi connectivity index (χ1n) is 8.34. The minimum atomic E-state index is -3.67. The molecule has 0 bridgehead atoms. The van der Waals surface area contributed by atoms with Gasteiger partial charge >= 0.3 is 0 Å². The molecule has 1 aliphatic heterocycles. The number of halogens is 1. The molecule has 1 amide bonds. The minimum Gasteiger partial charge on any atom is -0.466 e. The highest BCUT2D eigenvalue weighted by Crippen LogP contribution is 2.26.